The number of ether oxygens (including phenoxy) is 1. The summed E-state index contributed by atoms with van der Waals surface area (Å²) in [5.74, 6) is 1.53. The van der Waals surface area contributed by atoms with Gasteiger partial charge in [0.1, 0.15) is 5.75 Å². The molecule has 1 aromatic rings. The van der Waals surface area contributed by atoms with E-state index in [1.165, 1.54) is 18.5 Å². The minimum atomic E-state index is 0.167. The quantitative estimate of drug-likeness (QED) is 0.893. The molecule has 100 valence electrons. The molecule has 0 aromatic heterocycles. The van der Waals surface area contributed by atoms with Gasteiger partial charge in [0.05, 0.1) is 12.8 Å². The summed E-state index contributed by atoms with van der Waals surface area (Å²) in [7, 11) is 1.73. The predicted octanol–water partition coefficient (Wildman–Crippen LogP) is 2.65. The number of rotatable bonds is 3. The minimum absolute atomic E-state index is 0.167. The van der Waals surface area contributed by atoms with Gasteiger partial charge in [0.25, 0.3) is 0 Å². The van der Waals surface area contributed by atoms with Crippen molar-refractivity contribution in [1.82, 2.24) is 0 Å². The molecule has 0 spiro atoms. The second kappa shape index (κ2) is 5.19. The smallest absolute Gasteiger partial charge is 0.142 e. The lowest BCUT2D eigenvalue weighted by Crippen LogP contribution is -2.52. The fraction of sp³-hybridized carbons (Fsp3) is 0.600. The number of anilines is 1. The van der Waals surface area contributed by atoms with Crippen molar-refractivity contribution in [2.45, 2.75) is 32.2 Å². The van der Waals surface area contributed by atoms with Crippen molar-refractivity contribution in [3.8, 4) is 5.75 Å². The first-order valence-corrected chi connectivity index (χ1v) is 6.69. The topological polar surface area (TPSA) is 38.5 Å². The van der Waals surface area contributed by atoms with Crippen LogP contribution in [0.2, 0.25) is 0 Å². The fourth-order valence-electron chi connectivity index (χ4n) is 2.76. The second-order valence-electron chi connectivity index (χ2n) is 5.74. The highest BCUT2D eigenvalue weighted by molar-refractivity contribution is 5.60. The van der Waals surface area contributed by atoms with Crippen LogP contribution in [0.25, 0.3) is 0 Å². The Hall–Kier alpha value is -1.22. The van der Waals surface area contributed by atoms with Crippen molar-refractivity contribution < 1.29 is 4.74 Å². The summed E-state index contributed by atoms with van der Waals surface area (Å²) in [4.78, 5) is 2.45. The molecule has 18 heavy (non-hydrogen) atoms. The molecule has 0 radical (unpaired) electrons. The Morgan fingerprint density at radius 3 is 2.78 bits per heavy atom. The van der Waals surface area contributed by atoms with E-state index >= 15 is 0 Å². The zero-order chi connectivity index (χ0) is 13.2. The third kappa shape index (κ3) is 2.46. The van der Waals surface area contributed by atoms with Crippen LogP contribution in [-0.2, 0) is 0 Å². The lowest BCUT2D eigenvalue weighted by atomic mass is 9.84. The zero-order valence-corrected chi connectivity index (χ0v) is 11.6. The van der Waals surface area contributed by atoms with E-state index in [9.17, 15) is 0 Å². The largest absolute Gasteiger partial charge is 0.495 e. The Kier molecular flexibility index (Phi) is 3.81. The molecule has 1 unspecified atom stereocenters. The van der Waals surface area contributed by atoms with Crippen molar-refractivity contribution in [3.63, 3.8) is 0 Å². The minimum Gasteiger partial charge on any atom is -0.495 e. The van der Waals surface area contributed by atoms with E-state index in [1.54, 1.807) is 7.11 Å². The van der Waals surface area contributed by atoms with Crippen molar-refractivity contribution in [1.29, 1.82) is 0 Å². The van der Waals surface area contributed by atoms with Gasteiger partial charge in [-0.05, 0) is 51.3 Å². The zero-order valence-electron chi connectivity index (χ0n) is 11.6. The maximum Gasteiger partial charge on any atom is 0.142 e. The molecule has 2 N–H and O–H groups in total. The van der Waals surface area contributed by atoms with Gasteiger partial charge >= 0.3 is 0 Å². The van der Waals surface area contributed by atoms with Gasteiger partial charge in [0, 0.05) is 12.1 Å². The maximum absolute atomic E-state index is 5.84. The van der Waals surface area contributed by atoms with Crippen LogP contribution in [0.1, 0.15) is 26.7 Å². The molecule has 1 saturated heterocycles. The molecule has 1 aliphatic rings. The Labute approximate surface area is 110 Å². The van der Waals surface area contributed by atoms with Crippen molar-refractivity contribution in [2.75, 3.05) is 25.1 Å². The van der Waals surface area contributed by atoms with Gasteiger partial charge in [0.2, 0.25) is 0 Å². The first kappa shape index (κ1) is 13.2. The number of para-hydroxylation sites is 2. The van der Waals surface area contributed by atoms with Crippen molar-refractivity contribution in [3.05, 3.63) is 24.3 Å². The van der Waals surface area contributed by atoms with Gasteiger partial charge in [-0.1, -0.05) is 12.1 Å². The van der Waals surface area contributed by atoms with Gasteiger partial charge in [-0.15, -0.1) is 0 Å². The lowest BCUT2D eigenvalue weighted by molar-refractivity contribution is 0.291. The molecule has 3 nitrogen and oxygen atoms in total. The van der Waals surface area contributed by atoms with Crippen LogP contribution in [0.5, 0.6) is 5.75 Å². The molecular weight excluding hydrogens is 224 g/mol. The highest BCUT2D eigenvalue weighted by Gasteiger charge is 2.34. The molecule has 0 bridgehead atoms. The number of methoxy groups -OCH3 is 1. The first-order chi connectivity index (χ1) is 8.58. The number of hydrogen-bond acceptors (Lipinski definition) is 3. The molecule has 0 amide bonds. The van der Waals surface area contributed by atoms with Gasteiger partial charge in [-0.2, -0.15) is 0 Å². The van der Waals surface area contributed by atoms with E-state index in [-0.39, 0.29) is 5.54 Å². The normalized spacial score (nSPS) is 22.9. The summed E-state index contributed by atoms with van der Waals surface area (Å²) in [6.07, 6.45) is 2.39. The van der Waals surface area contributed by atoms with E-state index in [4.69, 9.17) is 10.5 Å². The highest BCUT2D eigenvalue weighted by Crippen LogP contribution is 2.38. The van der Waals surface area contributed by atoms with Crippen LogP contribution in [0, 0.1) is 5.92 Å². The van der Waals surface area contributed by atoms with Crippen molar-refractivity contribution >= 4 is 5.69 Å². The summed E-state index contributed by atoms with van der Waals surface area (Å²) >= 11 is 0. The molecule has 1 aliphatic heterocycles. The van der Waals surface area contributed by atoms with Crippen LogP contribution in [0.3, 0.4) is 0 Å². The van der Waals surface area contributed by atoms with Gasteiger partial charge in [-0.3, -0.25) is 0 Å². The lowest BCUT2D eigenvalue weighted by Gasteiger charge is -2.47. The Bertz CT molecular complexity index is 403. The van der Waals surface area contributed by atoms with E-state index in [0.717, 1.165) is 18.8 Å². The molecular formula is C15H24N2O. The van der Waals surface area contributed by atoms with Crippen LogP contribution in [0.4, 0.5) is 5.69 Å². The summed E-state index contributed by atoms with van der Waals surface area (Å²) in [6.45, 7) is 6.38. The number of nitrogens with zero attached hydrogens (tertiary/aromatic N) is 1. The first-order valence-electron chi connectivity index (χ1n) is 6.69. The average Bonchev–Trinajstić information content (AvgIpc) is 2.38. The fourth-order valence-corrected chi connectivity index (χ4v) is 2.76. The highest BCUT2D eigenvalue weighted by atomic mass is 16.5. The molecule has 1 heterocycles. The molecule has 2 rings (SSSR count). The maximum atomic E-state index is 5.84. The second-order valence-corrected chi connectivity index (χ2v) is 5.74. The summed E-state index contributed by atoms with van der Waals surface area (Å²) in [5.41, 5.74) is 7.20. The van der Waals surface area contributed by atoms with Crippen LogP contribution in [0.15, 0.2) is 24.3 Å². The van der Waals surface area contributed by atoms with E-state index < -0.39 is 0 Å². The predicted molar refractivity (Wildman–Crippen MR) is 76.2 cm³/mol. The monoisotopic (exact) mass is 248 g/mol. The SMILES string of the molecule is COc1ccccc1N1CC(CN)CCC1(C)C. The van der Waals surface area contributed by atoms with Gasteiger partial charge < -0.3 is 15.4 Å². The number of nitrogens with two attached hydrogens (primary N) is 1. The average molecular weight is 248 g/mol. The molecule has 1 aromatic carbocycles. The molecule has 1 fully saturated rings. The van der Waals surface area contributed by atoms with E-state index in [2.05, 4.69) is 30.9 Å². The Morgan fingerprint density at radius 1 is 1.39 bits per heavy atom. The Balaban J connectivity index is 2.33. The number of hydrogen-bond donors (Lipinski definition) is 1. The standard InChI is InChI=1S/C15H24N2O/c1-15(2)9-8-12(10-16)11-17(15)13-6-4-5-7-14(13)18-3/h4-7,12H,8-11,16H2,1-3H3. The molecule has 1 atom stereocenters. The third-order valence-electron chi connectivity index (χ3n) is 4.05. The summed E-state index contributed by atoms with van der Waals surface area (Å²) < 4.78 is 5.49. The molecule has 3 heteroatoms. The number of piperidine rings is 1. The van der Waals surface area contributed by atoms with Crippen LogP contribution < -0.4 is 15.4 Å². The van der Waals surface area contributed by atoms with E-state index in [0.29, 0.717) is 5.92 Å². The molecule has 0 saturated carbocycles. The van der Waals surface area contributed by atoms with E-state index in [1.807, 2.05) is 12.1 Å². The molecule has 0 aliphatic carbocycles. The van der Waals surface area contributed by atoms with Crippen LogP contribution in [-0.4, -0.2) is 25.7 Å². The summed E-state index contributed by atoms with van der Waals surface area (Å²) in [6, 6.07) is 8.25. The Morgan fingerprint density at radius 2 is 2.11 bits per heavy atom. The van der Waals surface area contributed by atoms with Crippen molar-refractivity contribution in [2.24, 2.45) is 11.7 Å². The van der Waals surface area contributed by atoms with Gasteiger partial charge in [0.15, 0.2) is 0 Å². The third-order valence-corrected chi connectivity index (χ3v) is 4.05. The van der Waals surface area contributed by atoms with Gasteiger partial charge in [-0.25, -0.2) is 0 Å². The number of benzene rings is 1. The summed E-state index contributed by atoms with van der Waals surface area (Å²) in [5, 5.41) is 0. The van der Waals surface area contributed by atoms with Crippen LogP contribution >= 0.6 is 0 Å².